The number of carbonyl (C=O) groups is 1. The fourth-order valence-corrected chi connectivity index (χ4v) is 2.26. The fourth-order valence-electron chi connectivity index (χ4n) is 2.26. The van der Waals surface area contributed by atoms with Crippen molar-refractivity contribution >= 4 is 17.2 Å². The molecule has 0 fully saturated rings. The van der Waals surface area contributed by atoms with Crippen LogP contribution >= 0.6 is 0 Å². The van der Waals surface area contributed by atoms with Gasteiger partial charge in [-0.25, -0.2) is 0 Å². The summed E-state index contributed by atoms with van der Waals surface area (Å²) in [6, 6.07) is 9.69. The van der Waals surface area contributed by atoms with E-state index in [1.165, 1.54) is 19.1 Å². The van der Waals surface area contributed by atoms with E-state index in [2.05, 4.69) is 5.32 Å². The van der Waals surface area contributed by atoms with Crippen LogP contribution in [-0.2, 0) is 6.54 Å². The van der Waals surface area contributed by atoms with Crippen molar-refractivity contribution in [1.82, 2.24) is 0 Å². The summed E-state index contributed by atoms with van der Waals surface area (Å²) in [5.41, 5.74) is 1.27. The molecule has 7 heteroatoms. The molecule has 0 bridgehead atoms. The standard InChI is InChI=1S/C17H18N2O5/c1-11(20)12-4-6-15(16(9-12)19(21)22)18-10-13-8-14(23-2)5-7-17(13)24-3/h4-9,18H,10H2,1-3H3. The first kappa shape index (κ1) is 17.3. The lowest BCUT2D eigenvalue weighted by Gasteiger charge is -2.12. The van der Waals surface area contributed by atoms with Crippen LogP contribution in [-0.4, -0.2) is 24.9 Å². The second-order valence-electron chi connectivity index (χ2n) is 5.08. The Balaban J connectivity index is 2.29. The van der Waals surface area contributed by atoms with E-state index < -0.39 is 4.92 Å². The van der Waals surface area contributed by atoms with Crippen molar-refractivity contribution in [3.8, 4) is 11.5 Å². The number of Topliss-reactive ketones (excluding diaryl/α,β-unsaturated/α-hetero) is 1. The monoisotopic (exact) mass is 330 g/mol. The Bertz CT molecular complexity index is 774. The molecule has 0 atom stereocenters. The number of nitro groups is 1. The minimum atomic E-state index is -0.516. The molecule has 0 unspecified atom stereocenters. The maximum absolute atomic E-state index is 11.4. The number of rotatable bonds is 7. The van der Waals surface area contributed by atoms with Crippen molar-refractivity contribution in [3.05, 3.63) is 57.6 Å². The van der Waals surface area contributed by atoms with Gasteiger partial charge in [0.15, 0.2) is 5.78 Å². The molecular formula is C17H18N2O5. The third-order valence-electron chi connectivity index (χ3n) is 3.56. The Morgan fingerprint density at radius 2 is 1.92 bits per heavy atom. The van der Waals surface area contributed by atoms with E-state index in [0.29, 0.717) is 29.3 Å². The third kappa shape index (κ3) is 3.81. The van der Waals surface area contributed by atoms with Gasteiger partial charge in [-0.15, -0.1) is 0 Å². The fraction of sp³-hybridized carbons (Fsp3) is 0.235. The number of nitrogens with one attached hydrogen (secondary N) is 1. The smallest absolute Gasteiger partial charge is 0.293 e. The summed E-state index contributed by atoms with van der Waals surface area (Å²) < 4.78 is 10.5. The van der Waals surface area contributed by atoms with Crippen LogP contribution in [0.15, 0.2) is 36.4 Å². The Labute approximate surface area is 139 Å². The highest BCUT2D eigenvalue weighted by Crippen LogP contribution is 2.29. The van der Waals surface area contributed by atoms with E-state index in [4.69, 9.17) is 9.47 Å². The molecule has 0 saturated heterocycles. The van der Waals surface area contributed by atoms with E-state index >= 15 is 0 Å². The first-order chi connectivity index (χ1) is 11.5. The minimum absolute atomic E-state index is 0.149. The number of anilines is 1. The second kappa shape index (κ2) is 7.45. The van der Waals surface area contributed by atoms with Crippen molar-refractivity contribution in [2.75, 3.05) is 19.5 Å². The zero-order valence-corrected chi connectivity index (χ0v) is 13.7. The van der Waals surface area contributed by atoms with E-state index in [0.717, 1.165) is 5.56 Å². The molecule has 24 heavy (non-hydrogen) atoms. The molecule has 0 spiro atoms. The van der Waals surface area contributed by atoms with Gasteiger partial charge in [0.2, 0.25) is 0 Å². The number of nitrogens with zero attached hydrogens (tertiary/aromatic N) is 1. The Morgan fingerprint density at radius 3 is 2.50 bits per heavy atom. The van der Waals surface area contributed by atoms with Crippen LogP contribution in [0.25, 0.3) is 0 Å². The van der Waals surface area contributed by atoms with E-state index in [9.17, 15) is 14.9 Å². The van der Waals surface area contributed by atoms with Crippen molar-refractivity contribution in [3.63, 3.8) is 0 Å². The molecule has 0 aliphatic carbocycles. The molecular weight excluding hydrogens is 312 g/mol. The topological polar surface area (TPSA) is 90.7 Å². The third-order valence-corrected chi connectivity index (χ3v) is 3.56. The van der Waals surface area contributed by atoms with Gasteiger partial charge in [0.1, 0.15) is 17.2 Å². The van der Waals surface area contributed by atoms with Crippen LogP contribution in [0.5, 0.6) is 11.5 Å². The van der Waals surface area contributed by atoms with Gasteiger partial charge in [0.05, 0.1) is 19.1 Å². The Hall–Kier alpha value is -3.09. The number of methoxy groups -OCH3 is 2. The second-order valence-corrected chi connectivity index (χ2v) is 5.08. The van der Waals surface area contributed by atoms with Crippen LogP contribution in [0.3, 0.4) is 0 Å². The van der Waals surface area contributed by atoms with Gasteiger partial charge >= 0.3 is 0 Å². The molecule has 0 heterocycles. The summed E-state index contributed by atoms with van der Waals surface area (Å²) in [6.07, 6.45) is 0. The molecule has 0 saturated carbocycles. The number of hydrogen-bond donors (Lipinski definition) is 1. The highest BCUT2D eigenvalue weighted by atomic mass is 16.6. The van der Waals surface area contributed by atoms with Crippen molar-refractivity contribution in [1.29, 1.82) is 0 Å². The highest BCUT2D eigenvalue weighted by molar-refractivity contribution is 5.95. The van der Waals surface area contributed by atoms with Gasteiger partial charge in [-0.2, -0.15) is 0 Å². The maximum atomic E-state index is 11.4. The zero-order valence-electron chi connectivity index (χ0n) is 13.7. The first-order valence-corrected chi connectivity index (χ1v) is 7.20. The molecule has 0 radical (unpaired) electrons. The number of nitro benzene ring substituents is 1. The average molecular weight is 330 g/mol. The van der Waals surface area contributed by atoms with Gasteiger partial charge in [-0.1, -0.05) is 0 Å². The van der Waals surface area contributed by atoms with Gasteiger partial charge in [-0.05, 0) is 37.3 Å². The summed E-state index contributed by atoms with van der Waals surface area (Å²) >= 11 is 0. The SMILES string of the molecule is COc1ccc(OC)c(CNc2ccc(C(C)=O)cc2[N+](=O)[O-])c1. The Kier molecular flexibility index (Phi) is 5.36. The van der Waals surface area contributed by atoms with Crippen LogP contribution in [0.2, 0.25) is 0 Å². The van der Waals surface area contributed by atoms with Crippen LogP contribution in [0, 0.1) is 10.1 Å². The summed E-state index contributed by atoms with van der Waals surface area (Å²) in [4.78, 5) is 22.1. The Morgan fingerprint density at radius 1 is 1.17 bits per heavy atom. The van der Waals surface area contributed by atoms with Crippen molar-refractivity contribution < 1.29 is 19.2 Å². The van der Waals surface area contributed by atoms with Gasteiger partial charge in [0.25, 0.3) is 5.69 Å². The van der Waals surface area contributed by atoms with Crippen molar-refractivity contribution in [2.45, 2.75) is 13.5 Å². The summed E-state index contributed by atoms with van der Waals surface area (Å²) in [6.45, 7) is 1.67. The van der Waals surface area contributed by atoms with Crippen LogP contribution in [0.1, 0.15) is 22.8 Å². The molecule has 0 aromatic heterocycles. The average Bonchev–Trinajstić information content (AvgIpc) is 2.59. The minimum Gasteiger partial charge on any atom is -0.497 e. The van der Waals surface area contributed by atoms with E-state index in [1.54, 1.807) is 38.5 Å². The predicted molar refractivity (Wildman–Crippen MR) is 90.0 cm³/mol. The van der Waals surface area contributed by atoms with Gasteiger partial charge in [-0.3, -0.25) is 14.9 Å². The number of carbonyl (C=O) groups excluding carboxylic acids is 1. The lowest BCUT2D eigenvalue weighted by Crippen LogP contribution is -2.05. The summed E-state index contributed by atoms with van der Waals surface area (Å²) in [7, 11) is 3.11. The molecule has 2 rings (SSSR count). The van der Waals surface area contributed by atoms with Gasteiger partial charge in [0, 0.05) is 23.7 Å². The largest absolute Gasteiger partial charge is 0.497 e. The molecule has 2 aromatic carbocycles. The zero-order chi connectivity index (χ0) is 17.7. The molecule has 126 valence electrons. The maximum Gasteiger partial charge on any atom is 0.293 e. The molecule has 0 aliphatic rings. The summed E-state index contributed by atoms with van der Waals surface area (Å²) in [5, 5.41) is 14.3. The lowest BCUT2D eigenvalue weighted by atomic mass is 10.1. The first-order valence-electron chi connectivity index (χ1n) is 7.20. The van der Waals surface area contributed by atoms with Gasteiger partial charge < -0.3 is 14.8 Å². The molecule has 7 nitrogen and oxygen atoms in total. The molecule has 2 aromatic rings. The van der Waals surface area contributed by atoms with E-state index in [1.807, 2.05) is 0 Å². The van der Waals surface area contributed by atoms with E-state index in [-0.39, 0.29) is 11.5 Å². The lowest BCUT2D eigenvalue weighted by molar-refractivity contribution is -0.384. The molecule has 0 aliphatic heterocycles. The number of hydrogen-bond acceptors (Lipinski definition) is 6. The number of ether oxygens (including phenoxy) is 2. The molecule has 0 amide bonds. The molecule has 1 N–H and O–H groups in total. The summed E-state index contributed by atoms with van der Waals surface area (Å²) in [5.74, 6) is 1.08. The predicted octanol–water partition coefficient (Wildman–Crippen LogP) is 3.43. The number of ketones is 1. The van der Waals surface area contributed by atoms with Crippen LogP contribution < -0.4 is 14.8 Å². The number of benzene rings is 2. The van der Waals surface area contributed by atoms with Crippen LogP contribution in [0.4, 0.5) is 11.4 Å². The highest BCUT2D eigenvalue weighted by Gasteiger charge is 2.16. The quantitative estimate of drug-likeness (QED) is 0.475. The normalized spacial score (nSPS) is 10.1. The van der Waals surface area contributed by atoms with Crippen molar-refractivity contribution in [2.24, 2.45) is 0 Å².